The first kappa shape index (κ1) is 20.3. The highest BCUT2D eigenvalue weighted by Gasteiger charge is 2.19. The van der Waals surface area contributed by atoms with Crippen molar-refractivity contribution in [2.24, 2.45) is 0 Å². The average molecular weight is 401 g/mol. The summed E-state index contributed by atoms with van der Waals surface area (Å²) >= 11 is 5.95. The van der Waals surface area contributed by atoms with Crippen LogP contribution in [0.3, 0.4) is 0 Å². The molecule has 1 aromatic heterocycles. The second-order valence-electron chi connectivity index (χ2n) is 6.84. The molecule has 6 nitrogen and oxygen atoms in total. The molecule has 0 radical (unpaired) electrons. The summed E-state index contributed by atoms with van der Waals surface area (Å²) in [4.78, 5) is 22.3. The number of rotatable bonds is 7. The summed E-state index contributed by atoms with van der Waals surface area (Å²) in [5.41, 5.74) is 1.92. The summed E-state index contributed by atoms with van der Waals surface area (Å²) in [6, 6.07) is 8.42. The van der Waals surface area contributed by atoms with E-state index >= 15 is 0 Å². The number of hydrogen-bond donors (Lipinski definition) is 1. The maximum atomic E-state index is 11.1. The van der Waals surface area contributed by atoms with Crippen LogP contribution in [0.1, 0.15) is 24.1 Å². The summed E-state index contributed by atoms with van der Waals surface area (Å²) in [5.74, 6) is 0.338. The molecule has 1 aromatic carbocycles. The molecule has 0 spiro atoms. The van der Waals surface area contributed by atoms with Gasteiger partial charge in [-0.3, -0.25) is 4.98 Å². The molecule has 1 fully saturated rings. The number of nitrogens with zero attached hydrogens (tertiary/aromatic N) is 3. The SMILES string of the molecule is COC(=O)C=Cc1cnc(N[C@@H]2CCCN(CCc3ccc(Cl)cc3)C2)cn1. The molecular weight excluding hydrogens is 376 g/mol. The fourth-order valence-corrected chi connectivity index (χ4v) is 3.37. The second kappa shape index (κ2) is 10.2. The average Bonchev–Trinajstić information content (AvgIpc) is 2.73. The van der Waals surface area contributed by atoms with Crippen LogP contribution in [0.2, 0.25) is 5.02 Å². The third-order valence-corrected chi connectivity index (χ3v) is 5.00. The molecule has 1 aliphatic rings. The maximum Gasteiger partial charge on any atom is 0.330 e. The van der Waals surface area contributed by atoms with Crippen molar-refractivity contribution in [2.45, 2.75) is 25.3 Å². The van der Waals surface area contributed by atoms with Gasteiger partial charge in [0.15, 0.2) is 0 Å². The maximum absolute atomic E-state index is 11.1. The Bertz CT molecular complexity index is 793. The Morgan fingerprint density at radius 1 is 1.32 bits per heavy atom. The Kier molecular flexibility index (Phi) is 7.39. The minimum atomic E-state index is -0.412. The number of esters is 1. The van der Waals surface area contributed by atoms with E-state index in [0.29, 0.717) is 11.7 Å². The minimum absolute atomic E-state index is 0.352. The molecule has 28 heavy (non-hydrogen) atoms. The lowest BCUT2D eigenvalue weighted by Gasteiger charge is -2.33. The number of benzene rings is 1. The lowest BCUT2D eigenvalue weighted by molar-refractivity contribution is -0.134. The molecule has 2 heterocycles. The molecule has 7 heteroatoms. The highest BCUT2D eigenvalue weighted by atomic mass is 35.5. The van der Waals surface area contributed by atoms with Gasteiger partial charge in [-0.1, -0.05) is 23.7 Å². The molecule has 1 aliphatic heterocycles. The van der Waals surface area contributed by atoms with Gasteiger partial charge < -0.3 is 15.0 Å². The van der Waals surface area contributed by atoms with Crippen LogP contribution >= 0.6 is 11.6 Å². The lowest BCUT2D eigenvalue weighted by atomic mass is 10.0. The molecule has 0 amide bonds. The van der Waals surface area contributed by atoms with Gasteiger partial charge in [-0.25, -0.2) is 9.78 Å². The molecular formula is C21H25ClN4O2. The first-order valence-corrected chi connectivity index (χ1v) is 9.81. The largest absolute Gasteiger partial charge is 0.466 e. The minimum Gasteiger partial charge on any atom is -0.466 e. The number of halogens is 1. The molecule has 1 atom stereocenters. The van der Waals surface area contributed by atoms with Crippen LogP contribution in [-0.2, 0) is 16.0 Å². The Hall–Kier alpha value is -2.44. The Morgan fingerprint density at radius 2 is 2.14 bits per heavy atom. The van der Waals surface area contributed by atoms with Gasteiger partial charge in [-0.2, -0.15) is 0 Å². The first-order chi connectivity index (χ1) is 13.6. The summed E-state index contributed by atoms with van der Waals surface area (Å²) in [6.07, 6.45) is 9.55. The molecule has 3 rings (SSSR count). The van der Waals surface area contributed by atoms with Gasteiger partial charge in [0.05, 0.1) is 25.2 Å². The Balaban J connectivity index is 1.48. The fourth-order valence-electron chi connectivity index (χ4n) is 3.24. The first-order valence-electron chi connectivity index (χ1n) is 9.44. The molecule has 0 unspecified atom stereocenters. The lowest BCUT2D eigenvalue weighted by Crippen LogP contribution is -2.43. The van der Waals surface area contributed by atoms with Gasteiger partial charge >= 0.3 is 5.97 Å². The van der Waals surface area contributed by atoms with Crippen molar-refractivity contribution in [3.8, 4) is 0 Å². The van der Waals surface area contributed by atoms with Gasteiger partial charge in [0, 0.05) is 30.2 Å². The zero-order valence-electron chi connectivity index (χ0n) is 16.0. The number of anilines is 1. The van der Waals surface area contributed by atoms with Gasteiger partial charge in [-0.15, -0.1) is 0 Å². The third kappa shape index (κ3) is 6.32. The van der Waals surface area contributed by atoms with E-state index in [1.807, 2.05) is 12.1 Å². The zero-order valence-corrected chi connectivity index (χ0v) is 16.7. The number of methoxy groups -OCH3 is 1. The van der Waals surface area contributed by atoms with Crippen molar-refractivity contribution in [1.82, 2.24) is 14.9 Å². The number of hydrogen-bond acceptors (Lipinski definition) is 6. The van der Waals surface area contributed by atoms with Crippen molar-refractivity contribution in [2.75, 3.05) is 32.1 Å². The molecule has 0 aliphatic carbocycles. The van der Waals surface area contributed by atoms with E-state index in [-0.39, 0.29) is 0 Å². The number of carbonyl (C=O) groups is 1. The highest BCUT2D eigenvalue weighted by Crippen LogP contribution is 2.16. The van der Waals surface area contributed by atoms with Gasteiger partial charge in [0.1, 0.15) is 5.82 Å². The van der Waals surface area contributed by atoms with Crippen LogP contribution in [0, 0.1) is 0 Å². The summed E-state index contributed by atoms with van der Waals surface area (Å²) in [6.45, 7) is 3.14. The van der Waals surface area contributed by atoms with E-state index in [2.05, 4.69) is 37.1 Å². The van der Waals surface area contributed by atoms with Crippen LogP contribution in [-0.4, -0.2) is 53.6 Å². The second-order valence-corrected chi connectivity index (χ2v) is 7.28. The Labute approximate surface area is 170 Å². The molecule has 0 saturated carbocycles. The van der Waals surface area contributed by atoms with E-state index in [0.717, 1.165) is 49.7 Å². The van der Waals surface area contributed by atoms with E-state index in [4.69, 9.17) is 11.6 Å². The van der Waals surface area contributed by atoms with Crippen LogP contribution in [0.5, 0.6) is 0 Å². The van der Waals surface area contributed by atoms with Gasteiger partial charge in [-0.05, 0) is 49.6 Å². The van der Waals surface area contributed by atoms with Crippen LogP contribution in [0.15, 0.2) is 42.7 Å². The van der Waals surface area contributed by atoms with Crippen molar-refractivity contribution in [3.05, 3.63) is 59.0 Å². The normalized spacial score (nSPS) is 17.6. The van der Waals surface area contributed by atoms with Crippen molar-refractivity contribution < 1.29 is 9.53 Å². The molecule has 1 saturated heterocycles. The standard InChI is InChI=1S/C21H25ClN4O2/c1-28-21(27)9-8-18-13-24-20(14-23-18)25-19-3-2-11-26(15-19)12-10-16-4-6-17(22)7-5-16/h4-9,13-14,19H,2-3,10-12,15H2,1H3,(H,24,25)/t19-/m1/s1. The van der Waals surface area contributed by atoms with Gasteiger partial charge in [0.2, 0.25) is 0 Å². The predicted octanol–water partition coefficient (Wildman–Crippen LogP) is 3.44. The highest BCUT2D eigenvalue weighted by molar-refractivity contribution is 6.30. The predicted molar refractivity (Wildman–Crippen MR) is 111 cm³/mol. The number of piperidine rings is 1. The molecule has 0 bridgehead atoms. The van der Waals surface area contributed by atoms with E-state index in [1.54, 1.807) is 18.5 Å². The monoisotopic (exact) mass is 400 g/mol. The van der Waals surface area contributed by atoms with Crippen molar-refractivity contribution in [1.29, 1.82) is 0 Å². The number of aromatic nitrogens is 2. The van der Waals surface area contributed by atoms with Crippen LogP contribution < -0.4 is 5.32 Å². The Morgan fingerprint density at radius 3 is 2.86 bits per heavy atom. The number of ether oxygens (including phenoxy) is 1. The van der Waals surface area contributed by atoms with Gasteiger partial charge in [0.25, 0.3) is 0 Å². The van der Waals surface area contributed by atoms with Crippen molar-refractivity contribution in [3.63, 3.8) is 0 Å². The quantitative estimate of drug-likeness (QED) is 0.567. The molecule has 1 N–H and O–H groups in total. The van der Waals surface area contributed by atoms with Crippen LogP contribution in [0.4, 0.5) is 5.82 Å². The summed E-state index contributed by atoms with van der Waals surface area (Å²) in [5, 5.41) is 4.25. The van der Waals surface area contributed by atoms with E-state index < -0.39 is 5.97 Å². The molecule has 2 aromatic rings. The topological polar surface area (TPSA) is 67.3 Å². The third-order valence-electron chi connectivity index (χ3n) is 4.75. The number of nitrogens with one attached hydrogen (secondary N) is 1. The zero-order chi connectivity index (χ0) is 19.8. The smallest absolute Gasteiger partial charge is 0.330 e. The van der Waals surface area contributed by atoms with Crippen molar-refractivity contribution >= 4 is 29.5 Å². The van der Waals surface area contributed by atoms with E-state index in [1.165, 1.54) is 18.7 Å². The summed E-state index contributed by atoms with van der Waals surface area (Å²) < 4.78 is 4.56. The molecule has 148 valence electrons. The van der Waals surface area contributed by atoms with E-state index in [9.17, 15) is 4.79 Å². The van der Waals surface area contributed by atoms with Crippen LogP contribution in [0.25, 0.3) is 6.08 Å². The number of carbonyl (C=O) groups excluding carboxylic acids is 1. The summed E-state index contributed by atoms with van der Waals surface area (Å²) in [7, 11) is 1.34. The fraction of sp³-hybridized carbons (Fsp3) is 0.381. The number of likely N-dealkylation sites (tertiary alicyclic amines) is 1.